The van der Waals surface area contributed by atoms with Crippen molar-refractivity contribution in [3.63, 3.8) is 0 Å². The zero-order valence-corrected chi connectivity index (χ0v) is 10.8. The number of ether oxygens (including phenoxy) is 2. The number of methoxy groups -OCH3 is 1. The Morgan fingerprint density at radius 1 is 1.44 bits per heavy atom. The molecule has 8 heteroatoms. The van der Waals surface area contributed by atoms with Gasteiger partial charge in [0.15, 0.2) is 5.84 Å². The second-order valence-corrected chi connectivity index (χ2v) is 3.56. The van der Waals surface area contributed by atoms with E-state index >= 15 is 0 Å². The van der Waals surface area contributed by atoms with Crippen LogP contribution in [-0.4, -0.2) is 63.0 Å². The van der Waals surface area contributed by atoms with E-state index in [2.05, 4.69) is 15.8 Å². The van der Waals surface area contributed by atoms with Gasteiger partial charge in [0.05, 0.1) is 19.8 Å². The van der Waals surface area contributed by atoms with Gasteiger partial charge in [0.1, 0.15) is 6.10 Å². The minimum atomic E-state index is -0.452. The fourth-order valence-electron chi connectivity index (χ4n) is 1.03. The molecule has 1 amide bonds. The first-order valence-corrected chi connectivity index (χ1v) is 5.67. The normalized spacial score (nSPS) is 13.3. The van der Waals surface area contributed by atoms with Crippen molar-refractivity contribution >= 4 is 11.7 Å². The van der Waals surface area contributed by atoms with Crippen LogP contribution in [0.5, 0.6) is 0 Å². The smallest absolute Gasteiger partial charge is 0.234 e. The molecule has 1 unspecified atom stereocenters. The fourth-order valence-corrected chi connectivity index (χ4v) is 1.03. The third-order valence-corrected chi connectivity index (χ3v) is 2.09. The fraction of sp³-hybridized carbons (Fsp3) is 0.800. The van der Waals surface area contributed by atoms with E-state index in [1.54, 1.807) is 14.0 Å². The summed E-state index contributed by atoms with van der Waals surface area (Å²) in [4.78, 5) is 11.2. The van der Waals surface area contributed by atoms with Gasteiger partial charge in [-0.3, -0.25) is 4.79 Å². The Morgan fingerprint density at radius 2 is 2.17 bits per heavy atom. The molecule has 0 fully saturated rings. The van der Waals surface area contributed by atoms with Crippen molar-refractivity contribution in [2.45, 2.75) is 13.0 Å². The number of oxime groups is 1. The van der Waals surface area contributed by atoms with Gasteiger partial charge in [-0.1, -0.05) is 5.16 Å². The number of rotatable bonds is 10. The molecule has 0 radical (unpaired) electrons. The average molecular weight is 262 g/mol. The van der Waals surface area contributed by atoms with Crippen LogP contribution in [-0.2, 0) is 14.3 Å². The summed E-state index contributed by atoms with van der Waals surface area (Å²) in [6.07, 6.45) is -0.452. The molecule has 8 nitrogen and oxygen atoms in total. The minimum absolute atomic E-state index is 0.0207. The summed E-state index contributed by atoms with van der Waals surface area (Å²) < 4.78 is 10.0. The summed E-state index contributed by atoms with van der Waals surface area (Å²) in [5.41, 5.74) is 5.33. The summed E-state index contributed by atoms with van der Waals surface area (Å²) in [5, 5.41) is 16.8. The van der Waals surface area contributed by atoms with E-state index in [1.807, 2.05) is 0 Å². The number of amides is 1. The van der Waals surface area contributed by atoms with E-state index in [4.69, 9.17) is 20.4 Å². The molecule has 18 heavy (non-hydrogen) atoms. The maximum absolute atomic E-state index is 11.2. The van der Waals surface area contributed by atoms with Crippen molar-refractivity contribution in [3.05, 3.63) is 0 Å². The molecular formula is C10H22N4O4. The number of carbonyl (C=O) groups is 1. The van der Waals surface area contributed by atoms with E-state index in [0.29, 0.717) is 26.3 Å². The van der Waals surface area contributed by atoms with Gasteiger partial charge < -0.3 is 31.0 Å². The Kier molecular flexibility index (Phi) is 9.93. The highest BCUT2D eigenvalue weighted by Crippen LogP contribution is 1.89. The number of carbonyl (C=O) groups excluding carboxylic acids is 1. The molecule has 106 valence electrons. The number of nitrogens with one attached hydrogen (secondary N) is 2. The molecule has 0 aromatic carbocycles. The molecule has 0 saturated heterocycles. The number of nitrogens with zero attached hydrogens (tertiary/aromatic N) is 1. The SMILES string of the molecule is COCCNC(=O)CNCCOC(C)C(N)=NO. The second kappa shape index (κ2) is 10.8. The molecule has 0 aliphatic carbocycles. The molecule has 0 heterocycles. The largest absolute Gasteiger partial charge is 0.409 e. The lowest BCUT2D eigenvalue weighted by molar-refractivity contribution is -0.120. The molecule has 0 aliphatic rings. The Balaban J connectivity index is 3.42. The number of hydrogen-bond donors (Lipinski definition) is 4. The van der Waals surface area contributed by atoms with Crippen molar-refractivity contribution in [3.8, 4) is 0 Å². The second-order valence-electron chi connectivity index (χ2n) is 3.56. The van der Waals surface area contributed by atoms with Crippen LogP contribution in [0, 0.1) is 0 Å². The van der Waals surface area contributed by atoms with Crippen LogP contribution in [0.4, 0.5) is 0 Å². The van der Waals surface area contributed by atoms with Gasteiger partial charge in [-0.15, -0.1) is 0 Å². The molecule has 0 bridgehead atoms. The third-order valence-electron chi connectivity index (χ3n) is 2.09. The molecule has 0 aliphatic heterocycles. The van der Waals surface area contributed by atoms with Crippen molar-refractivity contribution in [2.24, 2.45) is 10.9 Å². The number of nitrogens with two attached hydrogens (primary N) is 1. The van der Waals surface area contributed by atoms with Gasteiger partial charge in [-0.05, 0) is 6.92 Å². The molecule has 0 aromatic rings. The van der Waals surface area contributed by atoms with E-state index in [9.17, 15) is 4.79 Å². The lowest BCUT2D eigenvalue weighted by Gasteiger charge is -2.11. The van der Waals surface area contributed by atoms with Gasteiger partial charge in [0.2, 0.25) is 5.91 Å². The lowest BCUT2D eigenvalue weighted by atomic mass is 10.4. The van der Waals surface area contributed by atoms with Crippen LogP contribution in [0.15, 0.2) is 5.16 Å². The quantitative estimate of drug-likeness (QED) is 0.125. The van der Waals surface area contributed by atoms with Gasteiger partial charge in [0, 0.05) is 20.2 Å². The Bertz CT molecular complexity index is 260. The van der Waals surface area contributed by atoms with E-state index < -0.39 is 6.10 Å². The zero-order chi connectivity index (χ0) is 13.8. The molecular weight excluding hydrogens is 240 g/mol. The number of hydrogen-bond acceptors (Lipinski definition) is 6. The Hall–Kier alpha value is -1.38. The van der Waals surface area contributed by atoms with E-state index in [-0.39, 0.29) is 18.3 Å². The van der Waals surface area contributed by atoms with Gasteiger partial charge in [0.25, 0.3) is 0 Å². The summed E-state index contributed by atoms with van der Waals surface area (Å²) in [6.45, 7) is 3.74. The standard InChI is InChI=1S/C10H22N4O4/c1-8(10(11)14-16)18-6-3-12-7-9(15)13-4-5-17-2/h8,12,16H,3-7H2,1-2H3,(H2,11,14)(H,13,15). The predicted molar refractivity (Wildman–Crippen MR) is 66.6 cm³/mol. The van der Waals surface area contributed by atoms with Crippen molar-refractivity contribution in [2.75, 3.05) is 40.0 Å². The number of amidine groups is 1. The van der Waals surface area contributed by atoms with Gasteiger partial charge in [-0.25, -0.2) is 0 Å². The Labute approximate surface area is 106 Å². The highest BCUT2D eigenvalue weighted by Gasteiger charge is 2.06. The average Bonchev–Trinajstić information content (AvgIpc) is 2.37. The predicted octanol–water partition coefficient (Wildman–Crippen LogP) is -1.51. The van der Waals surface area contributed by atoms with Crippen LogP contribution in [0.2, 0.25) is 0 Å². The van der Waals surface area contributed by atoms with Crippen molar-refractivity contribution in [1.29, 1.82) is 0 Å². The molecule has 0 saturated carbocycles. The van der Waals surface area contributed by atoms with Crippen LogP contribution in [0.25, 0.3) is 0 Å². The maximum Gasteiger partial charge on any atom is 0.234 e. The third kappa shape index (κ3) is 8.74. The Morgan fingerprint density at radius 3 is 2.78 bits per heavy atom. The van der Waals surface area contributed by atoms with Crippen LogP contribution in [0.3, 0.4) is 0 Å². The van der Waals surface area contributed by atoms with Crippen LogP contribution < -0.4 is 16.4 Å². The minimum Gasteiger partial charge on any atom is -0.409 e. The zero-order valence-electron chi connectivity index (χ0n) is 10.8. The molecule has 0 rings (SSSR count). The van der Waals surface area contributed by atoms with Crippen LogP contribution in [0.1, 0.15) is 6.92 Å². The molecule has 5 N–H and O–H groups in total. The first-order chi connectivity index (χ1) is 8.61. The van der Waals surface area contributed by atoms with Gasteiger partial charge >= 0.3 is 0 Å². The topological polar surface area (TPSA) is 118 Å². The molecule has 1 atom stereocenters. The maximum atomic E-state index is 11.2. The first kappa shape index (κ1) is 16.6. The summed E-state index contributed by atoms with van der Waals surface area (Å²) in [7, 11) is 1.57. The highest BCUT2D eigenvalue weighted by atomic mass is 16.5. The first-order valence-electron chi connectivity index (χ1n) is 5.67. The van der Waals surface area contributed by atoms with E-state index in [1.165, 1.54) is 0 Å². The van der Waals surface area contributed by atoms with Crippen molar-refractivity contribution < 1.29 is 19.5 Å². The molecule has 0 spiro atoms. The van der Waals surface area contributed by atoms with Crippen LogP contribution >= 0.6 is 0 Å². The van der Waals surface area contributed by atoms with E-state index in [0.717, 1.165) is 0 Å². The monoisotopic (exact) mass is 262 g/mol. The summed E-state index contributed by atoms with van der Waals surface area (Å²) in [5.74, 6) is -0.0798. The van der Waals surface area contributed by atoms with Crippen molar-refractivity contribution in [1.82, 2.24) is 10.6 Å². The van der Waals surface area contributed by atoms with Gasteiger partial charge in [-0.2, -0.15) is 0 Å². The highest BCUT2D eigenvalue weighted by molar-refractivity contribution is 5.83. The summed E-state index contributed by atoms with van der Waals surface area (Å²) in [6, 6.07) is 0. The lowest BCUT2D eigenvalue weighted by Crippen LogP contribution is -2.37. The molecule has 0 aromatic heterocycles. The summed E-state index contributed by atoms with van der Waals surface area (Å²) >= 11 is 0.